The molecule has 0 amide bonds. The van der Waals surface area contributed by atoms with Crippen molar-refractivity contribution in [1.82, 2.24) is 9.97 Å². The first kappa shape index (κ1) is 15.4. The van der Waals surface area contributed by atoms with Crippen LogP contribution in [0.15, 0.2) is 6.07 Å². The smallest absolute Gasteiger partial charge is 0.422 e. The molecule has 0 aliphatic rings. The van der Waals surface area contributed by atoms with Crippen molar-refractivity contribution in [2.24, 2.45) is 0 Å². The Morgan fingerprint density at radius 1 is 1.00 bits per heavy atom. The normalized spacial score (nSPS) is 12.4. The topological polar surface area (TPSA) is 44.2 Å². The second-order valence-corrected chi connectivity index (χ2v) is 3.85. The lowest BCUT2D eigenvalue weighted by atomic mass is 10.4. The van der Waals surface area contributed by atoms with Gasteiger partial charge in [-0.2, -0.15) is 23.1 Å². The van der Waals surface area contributed by atoms with Crippen LogP contribution in [0.2, 0.25) is 0 Å². The number of hydrogen-bond donors (Lipinski definition) is 0. The molecule has 0 N–H and O–H groups in total. The highest BCUT2D eigenvalue weighted by Gasteiger charge is 2.29. The van der Waals surface area contributed by atoms with Crippen molar-refractivity contribution in [3.8, 4) is 11.8 Å². The molecule has 108 valence electrons. The van der Waals surface area contributed by atoms with Gasteiger partial charge >= 0.3 is 6.18 Å². The fourth-order valence-electron chi connectivity index (χ4n) is 1.02. The maximum Gasteiger partial charge on any atom is 0.422 e. The van der Waals surface area contributed by atoms with Crippen LogP contribution in [-0.2, 0) is 0 Å². The lowest BCUT2D eigenvalue weighted by Gasteiger charge is -2.13. The van der Waals surface area contributed by atoms with E-state index in [1.165, 1.54) is 6.92 Å². The van der Waals surface area contributed by atoms with Crippen molar-refractivity contribution >= 4 is 0 Å². The molecular weight excluding hydrogens is 275 g/mol. The molecule has 0 fully saturated rings. The molecule has 0 saturated carbocycles. The first-order valence-electron chi connectivity index (χ1n) is 5.11. The second kappa shape index (κ2) is 5.54. The predicted molar refractivity (Wildman–Crippen MR) is 54.4 cm³/mol. The highest BCUT2D eigenvalue weighted by molar-refractivity contribution is 5.20. The first-order chi connectivity index (χ1) is 8.55. The van der Waals surface area contributed by atoms with Gasteiger partial charge in [0.05, 0.1) is 6.07 Å². The fraction of sp³-hybridized carbons (Fsp3) is 0.600. The van der Waals surface area contributed by atoms with Gasteiger partial charge in [-0.05, 0) is 6.92 Å². The van der Waals surface area contributed by atoms with Crippen molar-refractivity contribution in [3.05, 3.63) is 11.9 Å². The van der Waals surface area contributed by atoms with Crippen molar-refractivity contribution in [2.75, 3.05) is 13.2 Å². The minimum absolute atomic E-state index is 0.0501. The summed E-state index contributed by atoms with van der Waals surface area (Å²) in [7, 11) is 0. The number of aryl methyl sites for hydroxylation is 1. The van der Waals surface area contributed by atoms with Crippen LogP contribution >= 0.6 is 0 Å². The van der Waals surface area contributed by atoms with Crippen LogP contribution in [-0.4, -0.2) is 35.3 Å². The molecule has 1 rings (SSSR count). The van der Waals surface area contributed by atoms with E-state index < -0.39 is 25.3 Å². The molecule has 0 saturated heterocycles. The van der Waals surface area contributed by atoms with Crippen molar-refractivity contribution in [3.63, 3.8) is 0 Å². The van der Waals surface area contributed by atoms with E-state index in [0.717, 1.165) is 6.07 Å². The van der Waals surface area contributed by atoms with Crippen LogP contribution in [0.4, 0.5) is 22.0 Å². The average molecular weight is 286 g/mol. The van der Waals surface area contributed by atoms with Crippen LogP contribution in [0.1, 0.15) is 12.7 Å². The Morgan fingerprint density at radius 3 is 1.89 bits per heavy atom. The van der Waals surface area contributed by atoms with Crippen LogP contribution in [0.5, 0.6) is 11.8 Å². The Morgan fingerprint density at radius 2 is 1.47 bits per heavy atom. The minimum atomic E-state index is -4.52. The summed E-state index contributed by atoms with van der Waals surface area (Å²) in [5.41, 5.74) is 0. The molecule has 0 aromatic carbocycles. The zero-order valence-electron chi connectivity index (χ0n) is 10.1. The number of ether oxygens (including phenoxy) is 2. The van der Waals surface area contributed by atoms with Crippen molar-refractivity contribution in [1.29, 1.82) is 0 Å². The first-order valence-corrected chi connectivity index (χ1v) is 5.11. The standard InChI is InChI=1S/C10H11F5N2O2/c1-6-16-7(18-4-9(2,11)12)3-8(17-6)19-5-10(13,14)15/h3H,4-5H2,1-2H3. The lowest BCUT2D eigenvalue weighted by Crippen LogP contribution is -2.22. The zero-order valence-corrected chi connectivity index (χ0v) is 10.1. The Labute approximate surface area is 105 Å². The number of halogens is 5. The van der Waals surface area contributed by atoms with E-state index in [-0.39, 0.29) is 17.6 Å². The Bertz CT molecular complexity index is 395. The summed E-state index contributed by atoms with van der Waals surface area (Å²) in [5, 5.41) is 0. The lowest BCUT2D eigenvalue weighted by molar-refractivity contribution is -0.154. The molecule has 0 unspecified atom stereocenters. The van der Waals surface area contributed by atoms with Gasteiger partial charge in [-0.15, -0.1) is 0 Å². The molecule has 0 radical (unpaired) electrons. The summed E-state index contributed by atoms with van der Waals surface area (Å²) < 4.78 is 70.0. The van der Waals surface area contributed by atoms with Crippen LogP contribution in [0.25, 0.3) is 0 Å². The second-order valence-electron chi connectivity index (χ2n) is 3.85. The van der Waals surface area contributed by atoms with Gasteiger partial charge in [0, 0.05) is 6.92 Å². The molecular formula is C10H11F5N2O2. The molecule has 4 nitrogen and oxygen atoms in total. The van der Waals surface area contributed by atoms with Crippen molar-refractivity contribution in [2.45, 2.75) is 25.9 Å². The summed E-state index contributed by atoms with van der Waals surface area (Å²) in [5.74, 6) is -3.69. The van der Waals surface area contributed by atoms with Crippen LogP contribution in [0, 0.1) is 6.92 Å². The van der Waals surface area contributed by atoms with E-state index in [2.05, 4.69) is 19.4 Å². The molecule has 0 aliphatic heterocycles. The Balaban J connectivity index is 2.71. The van der Waals surface area contributed by atoms with Crippen LogP contribution in [0.3, 0.4) is 0 Å². The van der Waals surface area contributed by atoms with E-state index in [1.807, 2.05) is 0 Å². The third-order valence-electron chi connectivity index (χ3n) is 1.65. The molecule has 9 heteroatoms. The molecule has 19 heavy (non-hydrogen) atoms. The number of alkyl halides is 5. The van der Waals surface area contributed by atoms with Gasteiger partial charge in [-0.1, -0.05) is 0 Å². The molecule has 1 aromatic heterocycles. The van der Waals surface area contributed by atoms with Gasteiger partial charge in [0.25, 0.3) is 5.92 Å². The largest absolute Gasteiger partial charge is 0.471 e. The predicted octanol–water partition coefficient (Wildman–Crippen LogP) is 2.76. The monoisotopic (exact) mass is 286 g/mol. The molecule has 0 bridgehead atoms. The number of hydrogen-bond acceptors (Lipinski definition) is 4. The SMILES string of the molecule is Cc1nc(OCC(C)(F)F)cc(OCC(F)(F)F)n1. The Kier molecular flexibility index (Phi) is 4.48. The molecule has 0 spiro atoms. The maximum atomic E-state index is 12.6. The van der Waals surface area contributed by atoms with Gasteiger partial charge in [0.1, 0.15) is 5.82 Å². The quantitative estimate of drug-likeness (QED) is 0.781. The van der Waals surface area contributed by atoms with Crippen molar-refractivity contribution < 1.29 is 31.4 Å². The van der Waals surface area contributed by atoms with E-state index in [9.17, 15) is 22.0 Å². The summed E-state index contributed by atoms with van der Waals surface area (Å²) in [6, 6.07) is 0.921. The minimum Gasteiger partial charge on any atom is -0.471 e. The summed E-state index contributed by atoms with van der Waals surface area (Å²) in [6.07, 6.45) is -4.52. The summed E-state index contributed by atoms with van der Waals surface area (Å²) in [6.45, 7) is -0.464. The summed E-state index contributed by atoms with van der Waals surface area (Å²) >= 11 is 0. The maximum absolute atomic E-state index is 12.6. The summed E-state index contributed by atoms with van der Waals surface area (Å²) in [4.78, 5) is 7.23. The van der Waals surface area contributed by atoms with E-state index in [0.29, 0.717) is 6.92 Å². The van der Waals surface area contributed by atoms with E-state index in [4.69, 9.17) is 0 Å². The number of nitrogens with zero attached hydrogens (tertiary/aromatic N) is 2. The van der Waals surface area contributed by atoms with Gasteiger partial charge in [0.15, 0.2) is 13.2 Å². The third-order valence-corrected chi connectivity index (χ3v) is 1.65. The van der Waals surface area contributed by atoms with Gasteiger partial charge in [-0.25, -0.2) is 8.78 Å². The van der Waals surface area contributed by atoms with Gasteiger partial charge < -0.3 is 9.47 Å². The van der Waals surface area contributed by atoms with E-state index >= 15 is 0 Å². The van der Waals surface area contributed by atoms with Crippen LogP contribution < -0.4 is 9.47 Å². The average Bonchev–Trinajstić information content (AvgIpc) is 2.21. The zero-order chi connectivity index (χ0) is 14.7. The highest BCUT2D eigenvalue weighted by atomic mass is 19.4. The number of rotatable bonds is 5. The third kappa shape index (κ3) is 6.73. The molecule has 1 heterocycles. The Hall–Kier alpha value is -1.67. The van der Waals surface area contributed by atoms with E-state index in [1.54, 1.807) is 0 Å². The highest BCUT2D eigenvalue weighted by Crippen LogP contribution is 2.21. The van der Waals surface area contributed by atoms with Gasteiger partial charge in [0.2, 0.25) is 11.8 Å². The van der Waals surface area contributed by atoms with Gasteiger partial charge in [-0.3, -0.25) is 0 Å². The molecule has 0 aliphatic carbocycles. The number of aromatic nitrogens is 2. The fourth-order valence-corrected chi connectivity index (χ4v) is 1.02. The molecule has 1 aromatic rings. The molecule has 0 atom stereocenters.